The van der Waals surface area contributed by atoms with Crippen molar-refractivity contribution in [2.24, 2.45) is 0 Å². The fourth-order valence-corrected chi connectivity index (χ4v) is 3.14. The number of phenols is 1. The average Bonchev–Trinajstić information content (AvgIpc) is 2.82. The Hall–Kier alpha value is -4.50. The third-order valence-corrected chi connectivity index (χ3v) is 4.89. The van der Waals surface area contributed by atoms with Crippen LogP contribution in [0.5, 0.6) is 5.75 Å². The second-order valence-corrected chi connectivity index (χ2v) is 7.28. The lowest BCUT2D eigenvalue weighted by Gasteiger charge is -2.13. The minimum Gasteiger partial charge on any atom is -0.506 e. The molecule has 0 unspecified atom stereocenters. The molecule has 164 valence electrons. The average molecular weight is 462 g/mol. The topological polar surface area (TPSA) is 137 Å². The van der Waals surface area contributed by atoms with Crippen LogP contribution in [0.1, 0.15) is 20.7 Å². The summed E-state index contributed by atoms with van der Waals surface area (Å²) in [5.41, 5.74) is 0.884. The third kappa shape index (κ3) is 4.89. The summed E-state index contributed by atoms with van der Waals surface area (Å²) in [5.74, 6) is -1.16. The zero-order valence-corrected chi connectivity index (χ0v) is 17.6. The Labute approximate surface area is 192 Å². The monoisotopic (exact) mass is 461 g/mol. The van der Waals surface area contributed by atoms with Crippen LogP contribution in [0, 0.1) is 0 Å². The van der Waals surface area contributed by atoms with Crippen LogP contribution < -0.4 is 16.2 Å². The normalized spacial score (nSPS) is 10.5. The zero-order valence-electron chi connectivity index (χ0n) is 16.9. The number of benzene rings is 2. The first kappa shape index (κ1) is 21.7. The highest BCUT2D eigenvalue weighted by molar-refractivity contribution is 6.30. The summed E-state index contributed by atoms with van der Waals surface area (Å²) < 4.78 is 0. The van der Waals surface area contributed by atoms with E-state index in [1.807, 2.05) is 0 Å². The lowest BCUT2D eigenvalue weighted by atomic mass is 10.1. The highest BCUT2D eigenvalue weighted by atomic mass is 35.5. The third-order valence-electron chi connectivity index (χ3n) is 4.67. The van der Waals surface area contributed by atoms with E-state index in [1.165, 1.54) is 55.1 Å². The Morgan fingerprint density at radius 1 is 0.939 bits per heavy atom. The first-order valence-corrected chi connectivity index (χ1v) is 9.99. The van der Waals surface area contributed by atoms with Crippen molar-refractivity contribution < 1.29 is 14.7 Å². The molecule has 4 rings (SSSR count). The van der Waals surface area contributed by atoms with Gasteiger partial charge in [0.15, 0.2) is 0 Å². The number of phenolic OH excluding ortho intramolecular Hbond substituents is 1. The number of pyridine rings is 1. The van der Waals surface area contributed by atoms with Gasteiger partial charge in [-0.15, -0.1) is 0 Å². The molecule has 10 heteroatoms. The van der Waals surface area contributed by atoms with Gasteiger partial charge in [0, 0.05) is 18.0 Å². The van der Waals surface area contributed by atoms with Gasteiger partial charge < -0.3 is 20.7 Å². The number of hydrogen-bond acceptors (Lipinski definition) is 6. The van der Waals surface area contributed by atoms with E-state index in [0.717, 1.165) is 0 Å². The van der Waals surface area contributed by atoms with Crippen LogP contribution in [0.2, 0.25) is 5.02 Å². The standard InChI is InChI=1S/C23H16ClN5O4/c24-15-8-9-19(26-10-15)28-23(33)16-2-1-3-18(30)20(16)29-21(31)14-6-4-13(5-7-14)17-11-25-12-27-22(17)32/h1-12,30H,(H,29,31)(H,25,27,32)(H,26,28,33). The van der Waals surface area contributed by atoms with E-state index in [2.05, 4.69) is 25.6 Å². The largest absolute Gasteiger partial charge is 0.506 e. The maximum absolute atomic E-state index is 12.8. The summed E-state index contributed by atoms with van der Waals surface area (Å²) in [7, 11) is 0. The Kier molecular flexibility index (Phi) is 6.14. The fraction of sp³-hybridized carbons (Fsp3) is 0. The second kappa shape index (κ2) is 9.33. The molecule has 2 aromatic carbocycles. The molecule has 2 amide bonds. The predicted octanol–water partition coefficient (Wildman–Crippen LogP) is 3.70. The number of carbonyl (C=O) groups is 2. The molecule has 0 aliphatic heterocycles. The number of H-pyrrole nitrogens is 1. The van der Waals surface area contributed by atoms with Crippen molar-refractivity contribution in [2.75, 3.05) is 10.6 Å². The SMILES string of the molecule is O=C(Nc1c(O)cccc1C(=O)Nc1ccc(Cl)cn1)c1ccc(-c2cnc[nH]c2=O)cc1. The molecule has 33 heavy (non-hydrogen) atoms. The molecule has 0 saturated carbocycles. The molecule has 4 aromatic rings. The number of aromatic nitrogens is 3. The molecule has 0 radical (unpaired) electrons. The number of nitrogens with zero attached hydrogens (tertiary/aromatic N) is 2. The molecule has 0 aliphatic carbocycles. The van der Waals surface area contributed by atoms with Gasteiger partial charge in [-0.2, -0.15) is 0 Å². The van der Waals surface area contributed by atoms with Gasteiger partial charge in [-0.1, -0.05) is 29.8 Å². The molecule has 0 fully saturated rings. The molecule has 0 aliphatic rings. The van der Waals surface area contributed by atoms with Crippen LogP contribution in [0.3, 0.4) is 0 Å². The maximum Gasteiger partial charge on any atom is 0.259 e. The van der Waals surface area contributed by atoms with Gasteiger partial charge in [0.2, 0.25) is 0 Å². The number of nitrogens with one attached hydrogen (secondary N) is 3. The quantitative estimate of drug-likeness (QED) is 0.334. The molecule has 2 aromatic heterocycles. The lowest BCUT2D eigenvalue weighted by molar-refractivity contribution is 0.102. The summed E-state index contributed by atoms with van der Waals surface area (Å²) in [6, 6.07) is 13.6. The van der Waals surface area contributed by atoms with Gasteiger partial charge in [-0.05, 0) is 42.0 Å². The van der Waals surface area contributed by atoms with Crippen molar-refractivity contribution in [3.05, 3.63) is 99.8 Å². The summed E-state index contributed by atoms with van der Waals surface area (Å²) in [5, 5.41) is 15.9. The van der Waals surface area contributed by atoms with Gasteiger partial charge in [0.05, 0.1) is 28.2 Å². The number of rotatable bonds is 5. The Morgan fingerprint density at radius 2 is 1.73 bits per heavy atom. The van der Waals surface area contributed by atoms with Crippen LogP contribution in [-0.2, 0) is 0 Å². The van der Waals surface area contributed by atoms with Gasteiger partial charge in [-0.3, -0.25) is 14.4 Å². The van der Waals surface area contributed by atoms with E-state index in [1.54, 1.807) is 18.2 Å². The first-order valence-electron chi connectivity index (χ1n) is 9.62. The first-order chi connectivity index (χ1) is 15.9. The number of halogens is 1. The van der Waals surface area contributed by atoms with Gasteiger partial charge in [0.25, 0.3) is 17.4 Å². The summed E-state index contributed by atoms with van der Waals surface area (Å²) in [6.45, 7) is 0. The Morgan fingerprint density at radius 3 is 2.42 bits per heavy atom. The van der Waals surface area contributed by atoms with Gasteiger partial charge in [0.1, 0.15) is 11.6 Å². The van der Waals surface area contributed by atoms with Crippen molar-refractivity contribution in [3.8, 4) is 16.9 Å². The molecule has 0 spiro atoms. The zero-order chi connectivity index (χ0) is 23.4. The number of anilines is 2. The number of aromatic amines is 1. The van der Waals surface area contributed by atoms with Crippen molar-refractivity contribution in [1.29, 1.82) is 0 Å². The van der Waals surface area contributed by atoms with E-state index in [9.17, 15) is 19.5 Å². The van der Waals surface area contributed by atoms with Crippen molar-refractivity contribution in [1.82, 2.24) is 15.0 Å². The van der Waals surface area contributed by atoms with E-state index in [4.69, 9.17) is 11.6 Å². The van der Waals surface area contributed by atoms with Crippen LogP contribution in [0.4, 0.5) is 11.5 Å². The summed E-state index contributed by atoms with van der Waals surface area (Å²) in [6.07, 6.45) is 4.10. The number of aromatic hydroxyl groups is 1. The molecule has 0 saturated heterocycles. The minimum atomic E-state index is -0.581. The van der Waals surface area contributed by atoms with Crippen LogP contribution >= 0.6 is 11.6 Å². The molecule has 0 bridgehead atoms. The lowest BCUT2D eigenvalue weighted by Crippen LogP contribution is -2.19. The minimum absolute atomic E-state index is 0.0404. The molecule has 4 N–H and O–H groups in total. The fourth-order valence-electron chi connectivity index (χ4n) is 3.03. The summed E-state index contributed by atoms with van der Waals surface area (Å²) >= 11 is 5.80. The smallest absolute Gasteiger partial charge is 0.259 e. The molecule has 9 nitrogen and oxygen atoms in total. The highest BCUT2D eigenvalue weighted by Crippen LogP contribution is 2.29. The summed E-state index contributed by atoms with van der Waals surface area (Å²) in [4.78, 5) is 47.8. The molecular weight excluding hydrogens is 446 g/mol. The van der Waals surface area contributed by atoms with Gasteiger partial charge in [-0.25, -0.2) is 9.97 Å². The predicted molar refractivity (Wildman–Crippen MR) is 124 cm³/mol. The molecule has 0 atom stereocenters. The van der Waals surface area contributed by atoms with Crippen LogP contribution in [-0.4, -0.2) is 31.9 Å². The number of amides is 2. The Balaban J connectivity index is 1.56. The van der Waals surface area contributed by atoms with Crippen LogP contribution in [0.15, 0.2) is 78.1 Å². The number of hydrogen-bond donors (Lipinski definition) is 4. The van der Waals surface area contributed by atoms with Crippen molar-refractivity contribution in [2.45, 2.75) is 0 Å². The van der Waals surface area contributed by atoms with E-state index in [-0.39, 0.29) is 33.9 Å². The van der Waals surface area contributed by atoms with Crippen molar-refractivity contribution in [3.63, 3.8) is 0 Å². The molecular formula is C23H16ClN5O4. The number of para-hydroxylation sites is 1. The van der Waals surface area contributed by atoms with Gasteiger partial charge >= 0.3 is 0 Å². The van der Waals surface area contributed by atoms with E-state index in [0.29, 0.717) is 16.1 Å². The highest BCUT2D eigenvalue weighted by Gasteiger charge is 2.18. The van der Waals surface area contributed by atoms with Crippen molar-refractivity contribution >= 4 is 34.9 Å². The van der Waals surface area contributed by atoms with E-state index < -0.39 is 11.8 Å². The van der Waals surface area contributed by atoms with Crippen LogP contribution in [0.25, 0.3) is 11.1 Å². The Bertz CT molecular complexity index is 1390. The van der Waals surface area contributed by atoms with E-state index >= 15 is 0 Å². The number of carbonyl (C=O) groups excluding carboxylic acids is 2. The molecule has 2 heterocycles. The second-order valence-electron chi connectivity index (χ2n) is 6.84. The maximum atomic E-state index is 12.8.